The number of aryl methyl sites for hydroxylation is 1. The molecule has 0 aliphatic rings. The number of para-hydroxylation sites is 1. The molecule has 0 aliphatic heterocycles. The number of ether oxygens (including phenoxy) is 2. The lowest BCUT2D eigenvalue weighted by molar-refractivity contribution is 0.0681. The Morgan fingerprint density at radius 2 is 2.00 bits per heavy atom. The van der Waals surface area contributed by atoms with E-state index in [2.05, 4.69) is 40.3 Å². The highest BCUT2D eigenvalue weighted by atomic mass is 16.5. The number of hydrogen-bond acceptors (Lipinski definition) is 3. The number of fused-ring (bicyclic) bond motifs is 1. The van der Waals surface area contributed by atoms with Crippen molar-refractivity contribution in [2.75, 3.05) is 40.5 Å². The lowest BCUT2D eigenvalue weighted by atomic mass is 10.1. The summed E-state index contributed by atoms with van der Waals surface area (Å²) in [7, 11) is 3.69. The molecular weight excluding hydrogens is 264 g/mol. The summed E-state index contributed by atoms with van der Waals surface area (Å²) < 4.78 is 12.8. The summed E-state index contributed by atoms with van der Waals surface area (Å²) >= 11 is 0. The van der Waals surface area contributed by atoms with E-state index in [1.165, 1.54) is 16.5 Å². The molecule has 0 spiro atoms. The molecule has 0 saturated heterocycles. The smallest absolute Gasteiger partial charge is 0.0700 e. The number of benzene rings is 1. The fourth-order valence-electron chi connectivity index (χ4n) is 2.55. The molecule has 1 aromatic heterocycles. The molecule has 4 heteroatoms. The molecule has 0 aliphatic carbocycles. The van der Waals surface area contributed by atoms with E-state index in [-0.39, 0.29) is 0 Å². The Balaban J connectivity index is 1.95. The average molecular weight is 290 g/mol. The van der Waals surface area contributed by atoms with Crippen molar-refractivity contribution < 1.29 is 9.47 Å². The van der Waals surface area contributed by atoms with Crippen LogP contribution in [0.1, 0.15) is 12.0 Å². The summed E-state index contributed by atoms with van der Waals surface area (Å²) in [5.41, 5.74) is 2.74. The summed E-state index contributed by atoms with van der Waals surface area (Å²) in [6.45, 7) is 4.12. The van der Waals surface area contributed by atoms with Gasteiger partial charge in [-0.05, 0) is 38.1 Å². The SMILES string of the molecule is CNCCc1cn(CCCOCCOC)c2ccccc12. The van der Waals surface area contributed by atoms with E-state index >= 15 is 0 Å². The predicted molar refractivity (Wildman–Crippen MR) is 86.9 cm³/mol. The number of likely N-dealkylation sites (N-methyl/N-ethyl adjacent to an activating group) is 1. The maximum absolute atomic E-state index is 5.53. The van der Waals surface area contributed by atoms with Crippen LogP contribution in [0.3, 0.4) is 0 Å². The molecule has 21 heavy (non-hydrogen) atoms. The van der Waals surface area contributed by atoms with Crippen molar-refractivity contribution >= 4 is 10.9 Å². The van der Waals surface area contributed by atoms with Gasteiger partial charge in [-0.2, -0.15) is 0 Å². The van der Waals surface area contributed by atoms with Crippen LogP contribution in [0.25, 0.3) is 10.9 Å². The normalized spacial score (nSPS) is 11.3. The largest absolute Gasteiger partial charge is 0.382 e. The number of aromatic nitrogens is 1. The Labute approximate surface area is 127 Å². The number of methoxy groups -OCH3 is 1. The third-order valence-corrected chi connectivity index (χ3v) is 3.63. The van der Waals surface area contributed by atoms with Crippen molar-refractivity contribution in [2.45, 2.75) is 19.4 Å². The molecular formula is C17H26N2O2. The Morgan fingerprint density at radius 1 is 1.14 bits per heavy atom. The van der Waals surface area contributed by atoms with Gasteiger partial charge in [-0.3, -0.25) is 0 Å². The van der Waals surface area contributed by atoms with Gasteiger partial charge < -0.3 is 19.4 Å². The molecule has 4 nitrogen and oxygen atoms in total. The van der Waals surface area contributed by atoms with Crippen LogP contribution >= 0.6 is 0 Å². The van der Waals surface area contributed by atoms with Crippen LogP contribution in [-0.4, -0.2) is 45.1 Å². The number of nitrogens with one attached hydrogen (secondary N) is 1. The maximum Gasteiger partial charge on any atom is 0.0700 e. The molecule has 0 amide bonds. The minimum Gasteiger partial charge on any atom is -0.382 e. The average Bonchev–Trinajstić information content (AvgIpc) is 2.87. The molecule has 0 bridgehead atoms. The summed E-state index contributed by atoms with van der Waals surface area (Å²) in [6.07, 6.45) is 4.37. The Hall–Kier alpha value is -1.36. The van der Waals surface area contributed by atoms with Gasteiger partial charge in [-0.1, -0.05) is 18.2 Å². The van der Waals surface area contributed by atoms with Crippen molar-refractivity contribution in [3.8, 4) is 0 Å². The molecule has 1 aromatic carbocycles. The molecule has 2 aromatic rings. The Bertz CT molecular complexity index is 537. The molecule has 0 saturated carbocycles. The van der Waals surface area contributed by atoms with Gasteiger partial charge in [0, 0.05) is 37.4 Å². The zero-order valence-corrected chi connectivity index (χ0v) is 13.1. The van der Waals surface area contributed by atoms with E-state index < -0.39 is 0 Å². The first-order valence-electron chi connectivity index (χ1n) is 7.65. The molecule has 0 atom stereocenters. The third kappa shape index (κ3) is 4.56. The van der Waals surface area contributed by atoms with Crippen LogP contribution in [0.2, 0.25) is 0 Å². The first kappa shape index (κ1) is 16.0. The van der Waals surface area contributed by atoms with E-state index in [0.29, 0.717) is 13.2 Å². The molecule has 0 unspecified atom stereocenters. The monoisotopic (exact) mass is 290 g/mol. The zero-order valence-electron chi connectivity index (χ0n) is 13.1. The third-order valence-electron chi connectivity index (χ3n) is 3.63. The second kappa shape index (κ2) is 8.82. The van der Waals surface area contributed by atoms with Crippen molar-refractivity contribution in [3.05, 3.63) is 36.0 Å². The molecule has 1 heterocycles. The minimum atomic E-state index is 0.667. The van der Waals surface area contributed by atoms with Crippen molar-refractivity contribution in [1.82, 2.24) is 9.88 Å². The predicted octanol–water partition coefficient (Wildman–Crippen LogP) is 2.46. The fourth-order valence-corrected chi connectivity index (χ4v) is 2.55. The Kier molecular flexibility index (Phi) is 6.73. The highest BCUT2D eigenvalue weighted by molar-refractivity contribution is 5.84. The first-order valence-corrected chi connectivity index (χ1v) is 7.65. The van der Waals surface area contributed by atoms with Gasteiger partial charge in [0.25, 0.3) is 0 Å². The molecule has 1 N–H and O–H groups in total. The number of hydrogen-bond donors (Lipinski definition) is 1. The van der Waals surface area contributed by atoms with E-state index in [1.54, 1.807) is 7.11 Å². The lowest BCUT2D eigenvalue weighted by Crippen LogP contribution is -2.10. The molecule has 0 fully saturated rings. The second-order valence-electron chi connectivity index (χ2n) is 5.18. The summed E-state index contributed by atoms with van der Waals surface area (Å²) in [5, 5.41) is 4.59. The maximum atomic E-state index is 5.53. The van der Waals surface area contributed by atoms with E-state index in [1.807, 2.05) is 7.05 Å². The van der Waals surface area contributed by atoms with Crippen molar-refractivity contribution in [1.29, 1.82) is 0 Å². The van der Waals surface area contributed by atoms with E-state index in [0.717, 1.165) is 32.5 Å². The number of nitrogens with zero attached hydrogens (tertiary/aromatic N) is 1. The molecule has 116 valence electrons. The van der Waals surface area contributed by atoms with Crippen LogP contribution < -0.4 is 5.32 Å². The lowest BCUT2D eigenvalue weighted by Gasteiger charge is -2.06. The summed E-state index contributed by atoms with van der Waals surface area (Å²) in [5.74, 6) is 0. The van der Waals surface area contributed by atoms with Gasteiger partial charge >= 0.3 is 0 Å². The minimum absolute atomic E-state index is 0.667. The standard InChI is InChI=1S/C17H26N2O2/c1-18-9-8-15-14-19(10-5-11-21-13-12-20-2)17-7-4-3-6-16(15)17/h3-4,6-7,14,18H,5,8-13H2,1-2H3. The van der Waals surface area contributed by atoms with Gasteiger partial charge in [-0.15, -0.1) is 0 Å². The highest BCUT2D eigenvalue weighted by Crippen LogP contribution is 2.22. The number of rotatable bonds is 10. The van der Waals surface area contributed by atoms with Gasteiger partial charge in [0.1, 0.15) is 0 Å². The van der Waals surface area contributed by atoms with Gasteiger partial charge in [0.15, 0.2) is 0 Å². The quantitative estimate of drug-likeness (QED) is 0.683. The summed E-state index contributed by atoms with van der Waals surface area (Å²) in [6, 6.07) is 8.63. The zero-order chi connectivity index (χ0) is 14.9. The summed E-state index contributed by atoms with van der Waals surface area (Å²) in [4.78, 5) is 0. The van der Waals surface area contributed by atoms with Crippen molar-refractivity contribution in [2.24, 2.45) is 0 Å². The first-order chi connectivity index (χ1) is 10.4. The van der Waals surface area contributed by atoms with Crippen LogP contribution in [0.5, 0.6) is 0 Å². The van der Waals surface area contributed by atoms with Crippen LogP contribution in [0.15, 0.2) is 30.5 Å². The molecule has 0 radical (unpaired) electrons. The van der Waals surface area contributed by atoms with Crippen molar-refractivity contribution in [3.63, 3.8) is 0 Å². The highest BCUT2D eigenvalue weighted by Gasteiger charge is 2.07. The topological polar surface area (TPSA) is 35.4 Å². The van der Waals surface area contributed by atoms with Gasteiger partial charge in [-0.25, -0.2) is 0 Å². The van der Waals surface area contributed by atoms with E-state index in [9.17, 15) is 0 Å². The Morgan fingerprint density at radius 3 is 2.81 bits per heavy atom. The molecule has 2 rings (SSSR count). The fraction of sp³-hybridized carbons (Fsp3) is 0.529. The van der Waals surface area contributed by atoms with Crippen LogP contribution in [0, 0.1) is 0 Å². The van der Waals surface area contributed by atoms with Crippen LogP contribution in [-0.2, 0) is 22.4 Å². The van der Waals surface area contributed by atoms with E-state index in [4.69, 9.17) is 9.47 Å². The van der Waals surface area contributed by atoms with Gasteiger partial charge in [0.05, 0.1) is 13.2 Å². The second-order valence-corrected chi connectivity index (χ2v) is 5.18. The van der Waals surface area contributed by atoms with Gasteiger partial charge in [0.2, 0.25) is 0 Å². The van der Waals surface area contributed by atoms with Crippen LogP contribution in [0.4, 0.5) is 0 Å².